The number of thioether (sulfide) groups is 1. The summed E-state index contributed by atoms with van der Waals surface area (Å²) in [7, 11) is 0. The summed E-state index contributed by atoms with van der Waals surface area (Å²) in [5.74, 6) is 0.569. The largest absolute Gasteiger partial charge is 0.465 e. The molecule has 0 aromatic heterocycles. The van der Waals surface area contributed by atoms with Gasteiger partial charge in [-0.15, -0.1) is 0 Å². The van der Waals surface area contributed by atoms with Crippen molar-refractivity contribution in [1.82, 2.24) is 0 Å². The van der Waals surface area contributed by atoms with Crippen LogP contribution in [-0.2, 0) is 9.53 Å². The standard InChI is InChI=1S/C10H17NO2S/c1-4-13-9(12)10(2,8-11)6-5-7-14-3/h4-7H2,1-3H3. The number of rotatable bonds is 6. The van der Waals surface area contributed by atoms with Crippen molar-refractivity contribution in [2.45, 2.75) is 26.7 Å². The molecule has 0 aliphatic carbocycles. The van der Waals surface area contributed by atoms with Crippen LogP contribution in [0.25, 0.3) is 0 Å². The molecule has 0 saturated heterocycles. The molecule has 0 saturated carbocycles. The number of hydrogen-bond donors (Lipinski definition) is 0. The van der Waals surface area contributed by atoms with Crippen molar-refractivity contribution in [1.29, 1.82) is 5.26 Å². The summed E-state index contributed by atoms with van der Waals surface area (Å²) in [6.07, 6.45) is 3.45. The van der Waals surface area contributed by atoms with Gasteiger partial charge in [0.15, 0.2) is 5.41 Å². The number of hydrogen-bond acceptors (Lipinski definition) is 4. The van der Waals surface area contributed by atoms with Gasteiger partial charge in [-0.2, -0.15) is 17.0 Å². The van der Waals surface area contributed by atoms with E-state index in [0.717, 1.165) is 12.2 Å². The number of nitriles is 1. The quantitative estimate of drug-likeness (QED) is 0.503. The molecule has 14 heavy (non-hydrogen) atoms. The average Bonchev–Trinajstić information content (AvgIpc) is 2.18. The van der Waals surface area contributed by atoms with E-state index in [0.29, 0.717) is 13.0 Å². The van der Waals surface area contributed by atoms with Gasteiger partial charge in [0, 0.05) is 0 Å². The molecule has 0 radical (unpaired) electrons. The zero-order valence-corrected chi connectivity index (χ0v) is 9.82. The van der Waals surface area contributed by atoms with Gasteiger partial charge >= 0.3 is 5.97 Å². The molecule has 0 fully saturated rings. The molecule has 1 atom stereocenters. The van der Waals surface area contributed by atoms with Crippen LogP contribution in [0, 0.1) is 16.7 Å². The third-order valence-electron chi connectivity index (χ3n) is 2.00. The van der Waals surface area contributed by atoms with Gasteiger partial charge in [0.1, 0.15) is 0 Å². The summed E-state index contributed by atoms with van der Waals surface area (Å²) in [5, 5.41) is 8.92. The molecule has 4 heteroatoms. The van der Waals surface area contributed by atoms with E-state index in [-0.39, 0.29) is 0 Å². The molecule has 0 bridgehead atoms. The highest BCUT2D eigenvalue weighted by molar-refractivity contribution is 7.98. The lowest BCUT2D eigenvalue weighted by atomic mass is 9.87. The van der Waals surface area contributed by atoms with Crippen LogP contribution in [0.1, 0.15) is 26.7 Å². The fourth-order valence-electron chi connectivity index (χ4n) is 1.06. The van der Waals surface area contributed by atoms with Gasteiger partial charge in [-0.25, -0.2) is 0 Å². The third kappa shape index (κ3) is 4.01. The molecule has 0 N–H and O–H groups in total. The van der Waals surface area contributed by atoms with Crippen LogP contribution in [0.3, 0.4) is 0 Å². The van der Waals surface area contributed by atoms with Crippen molar-refractivity contribution in [2.75, 3.05) is 18.6 Å². The molecule has 3 nitrogen and oxygen atoms in total. The monoisotopic (exact) mass is 215 g/mol. The summed E-state index contributed by atoms with van der Waals surface area (Å²) >= 11 is 1.72. The fraction of sp³-hybridized carbons (Fsp3) is 0.800. The first-order valence-corrected chi connectivity index (χ1v) is 6.07. The zero-order chi connectivity index (χ0) is 11.0. The highest BCUT2D eigenvalue weighted by Gasteiger charge is 2.34. The van der Waals surface area contributed by atoms with Crippen molar-refractivity contribution in [2.24, 2.45) is 5.41 Å². The first-order chi connectivity index (χ1) is 6.60. The molecular weight excluding hydrogens is 198 g/mol. The van der Waals surface area contributed by atoms with Crippen LogP contribution in [0.15, 0.2) is 0 Å². The molecule has 80 valence electrons. The van der Waals surface area contributed by atoms with Gasteiger partial charge in [-0.1, -0.05) is 0 Å². The van der Waals surface area contributed by atoms with E-state index in [1.165, 1.54) is 0 Å². The Morgan fingerprint density at radius 1 is 1.64 bits per heavy atom. The van der Waals surface area contributed by atoms with Crippen LogP contribution < -0.4 is 0 Å². The summed E-state index contributed by atoms with van der Waals surface area (Å²) in [6, 6.07) is 2.04. The Morgan fingerprint density at radius 2 is 2.29 bits per heavy atom. The maximum absolute atomic E-state index is 11.4. The lowest BCUT2D eigenvalue weighted by molar-refractivity contribution is -0.151. The van der Waals surface area contributed by atoms with Crippen LogP contribution in [0.2, 0.25) is 0 Å². The number of carbonyl (C=O) groups is 1. The van der Waals surface area contributed by atoms with E-state index >= 15 is 0 Å². The second-order valence-corrected chi connectivity index (χ2v) is 4.25. The third-order valence-corrected chi connectivity index (χ3v) is 2.69. The van der Waals surface area contributed by atoms with Crippen LogP contribution in [0.5, 0.6) is 0 Å². The first-order valence-electron chi connectivity index (χ1n) is 4.68. The molecule has 0 aliphatic heterocycles. The molecule has 0 aromatic rings. The Bertz CT molecular complexity index is 225. The lowest BCUT2D eigenvalue weighted by Gasteiger charge is -2.18. The van der Waals surface area contributed by atoms with Crippen LogP contribution >= 0.6 is 11.8 Å². The fourth-order valence-corrected chi connectivity index (χ4v) is 1.50. The van der Waals surface area contributed by atoms with Crippen LogP contribution in [-0.4, -0.2) is 24.6 Å². The van der Waals surface area contributed by atoms with Crippen LogP contribution in [0.4, 0.5) is 0 Å². The highest BCUT2D eigenvalue weighted by Crippen LogP contribution is 2.24. The Balaban J connectivity index is 4.18. The molecule has 0 spiro atoms. The number of carbonyl (C=O) groups excluding carboxylic acids is 1. The topological polar surface area (TPSA) is 50.1 Å². The SMILES string of the molecule is CCOC(=O)C(C)(C#N)CCCSC. The van der Waals surface area contributed by atoms with Crippen molar-refractivity contribution < 1.29 is 9.53 Å². The maximum Gasteiger partial charge on any atom is 0.326 e. The van der Waals surface area contributed by atoms with Gasteiger partial charge < -0.3 is 4.74 Å². The molecule has 0 aliphatic rings. The molecule has 0 rings (SSSR count). The van der Waals surface area contributed by atoms with Gasteiger partial charge in [0.2, 0.25) is 0 Å². The Morgan fingerprint density at radius 3 is 2.71 bits per heavy atom. The molecule has 0 aromatic carbocycles. The summed E-state index contributed by atoms with van der Waals surface area (Å²) in [5.41, 5.74) is -0.967. The summed E-state index contributed by atoms with van der Waals surface area (Å²) < 4.78 is 4.86. The van der Waals surface area contributed by atoms with E-state index in [9.17, 15) is 4.79 Å². The number of nitrogens with zero attached hydrogens (tertiary/aromatic N) is 1. The summed E-state index contributed by atoms with van der Waals surface area (Å²) in [6.45, 7) is 3.72. The van der Waals surface area contributed by atoms with Crippen molar-refractivity contribution >= 4 is 17.7 Å². The van der Waals surface area contributed by atoms with Crippen molar-refractivity contribution in [3.63, 3.8) is 0 Å². The molecule has 1 unspecified atom stereocenters. The first kappa shape index (κ1) is 13.3. The predicted molar refractivity (Wildman–Crippen MR) is 58.0 cm³/mol. The van der Waals surface area contributed by atoms with E-state index in [2.05, 4.69) is 0 Å². The van der Waals surface area contributed by atoms with E-state index < -0.39 is 11.4 Å². The molecular formula is C10H17NO2S. The molecule has 0 heterocycles. The smallest absolute Gasteiger partial charge is 0.326 e. The van der Waals surface area contributed by atoms with Gasteiger partial charge in [0.25, 0.3) is 0 Å². The molecule has 0 amide bonds. The van der Waals surface area contributed by atoms with E-state index in [1.54, 1.807) is 25.6 Å². The van der Waals surface area contributed by atoms with Gasteiger partial charge in [-0.3, -0.25) is 4.79 Å². The van der Waals surface area contributed by atoms with E-state index in [1.807, 2.05) is 12.3 Å². The lowest BCUT2D eigenvalue weighted by Crippen LogP contribution is -2.28. The minimum atomic E-state index is -0.967. The number of ether oxygens (including phenoxy) is 1. The second-order valence-electron chi connectivity index (χ2n) is 3.26. The number of esters is 1. The minimum Gasteiger partial charge on any atom is -0.465 e. The zero-order valence-electron chi connectivity index (χ0n) is 9.00. The van der Waals surface area contributed by atoms with Gasteiger partial charge in [0.05, 0.1) is 12.7 Å². The normalized spacial score (nSPS) is 14.1. The second kappa shape index (κ2) is 6.72. The summed E-state index contributed by atoms with van der Waals surface area (Å²) in [4.78, 5) is 11.4. The van der Waals surface area contributed by atoms with Gasteiger partial charge in [-0.05, 0) is 38.7 Å². The maximum atomic E-state index is 11.4. The minimum absolute atomic E-state index is 0.332. The average molecular weight is 215 g/mol. The highest BCUT2D eigenvalue weighted by atomic mass is 32.2. The van der Waals surface area contributed by atoms with Crippen molar-refractivity contribution in [3.8, 4) is 6.07 Å². The van der Waals surface area contributed by atoms with Crippen molar-refractivity contribution in [3.05, 3.63) is 0 Å². The van der Waals surface area contributed by atoms with E-state index in [4.69, 9.17) is 10.00 Å². The Hall–Kier alpha value is -0.690. The Kier molecular flexibility index (Phi) is 6.39. The Labute approximate surface area is 89.8 Å². The predicted octanol–water partition coefficient (Wildman–Crippen LogP) is 2.22.